The molecular formula is C20H14O8S2. The SMILES string of the molecule is O=S(=O)(O)c1ccc2c(Oc3ccccc3)c3cc(S(=O)(=O)O)ccc3c(O)c2c1. The molecule has 0 aliphatic carbocycles. The molecule has 0 fully saturated rings. The lowest BCUT2D eigenvalue weighted by molar-refractivity contribution is 0.478. The minimum atomic E-state index is -4.53. The number of hydrogen-bond donors (Lipinski definition) is 3. The molecule has 0 heterocycles. The highest BCUT2D eigenvalue weighted by molar-refractivity contribution is 7.86. The minimum absolute atomic E-state index is 0.0724. The number of fused-ring (bicyclic) bond motifs is 2. The number of phenols is 1. The van der Waals surface area contributed by atoms with Crippen LogP contribution in [0.4, 0.5) is 0 Å². The lowest BCUT2D eigenvalue weighted by Gasteiger charge is -2.16. The molecule has 154 valence electrons. The quantitative estimate of drug-likeness (QED) is 0.316. The summed E-state index contributed by atoms with van der Waals surface area (Å²) in [5, 5.41) is 11.4. The average molecular weight is 446 g/mol. The largest absolute Gasteiger partial charge is 0.507 e. The zero-order valence-corrected chi connectivity index (χ0v) is 16.7. The molecule has 0 radical (unpaired) electrons. The van der Waals surface area contributed by atoms with Crippen molar-refractivity contribution in [2.75, 3.05) is 0 Å². The van der Waals surface area contributed by atoms with E-state index in [0.717, 1.165) is 24.3 Å². The van der Waals surface area contributed by atoms with Crippen LogP contribution in [0.2, 0.25) is 0 Å². The van der Waals surface area contributed by atoms with Crippen LogP contribution in [0.5, 0.6) is 17.2 Å². The molecule has 0 unspecified atom stereocenters. The molecule has 0 bridgehead atoms. The van der Waals surface area contributed by atoms with Crippen molar-refractivity contribution in [3.63, 3.8) is 0 Å². The molecule has 0 atom stereocenters. The van der Waals surface area contributed by atoms with E-state index in [4.69, 9.17) is 4.74 Å². The van der Waals surface area contributed by atoms with Crippen LogP contribution in [0.3, 0.4) is 0 Å². The maximum absolute atomic E-state index is 11.6. The Kier molecular flexibility index (Phi) is 4.66. The summed E-state index contributed by atoms with van der Waals surface area (Å²) in [6.07, 6.45) is 0. The fraction of sp³-hybridized carbons (Fsp3) is 0. The van der Waals surface area contributed by atoms with Crippen molar-refractivity contribution in [1.29, 1.82) is 0 Å². The minimum Gasteiger partial charge on any atom is -0.507 e. The second-order valence-electron chi connectivity index (χ2n) is 6.46. The highest BCUT2D eigenvalue weighted by Gasteiger charge is 2.21. The molecular weight excluding hydrogens is 432 g/mol. The van der Waals surface area contributed by atoms with Crippen LogP contribution in [0.15, 0.2) is 76.5 Å². The second-order valence-corrected chi connectivity index (χ2v) is 9.30. The second kappa shape index (κ2) is 6.96. The van der Waals surface area contributed by atoms with Gasteiger partial charge in [-0.2, -0.15) is 16.8 Å². The van der Waals surface area contributed by atoms with E-state index in [0.29, 0.717) is 5.75 Å². The van der Waals surface area contributed by atoms with Crippen LogP contribution >= 0.6 is 0 Å². The molecule has 0 aliphatic rings. The number of aromatic hydroxyl groups is 1. The Morgan fingerprint density at radius 3 is 1.73 bits per heavy atom. The summed E-state index contributed by atoms with van der Waals surface area (Å²) >= 11 is 0. The predicted octanol–water partition coefficient (Wildman–Crippen LogP) is 3.98. The first-order valence-corrected chi connectivity index (χ1v) is 11.3. The van der Waals surface area contributed by atoms with Crippen molar-refractivity contribution in [2.24, 2.45) is 0 Å². The van der Waals surface area contributed by atoms with E-state index in [9.17, 15) is 31.0 Å². The highest BCUT2D eigenvalue weighted by Crippen LogP contribution is 2.45. The Balaban J connectivity index is 2.13. The Morgan fingerprint density at radius 2 is 1.17 bits per heavy atom. The van der Waals surface area contributed by atoms with Gasteiger partial charge in [0, 0.05) is 21.5 Å². The van der Waals surface area contributed by atoms with E-state index >= 15 is 0 Å². The van der Waals surface area contributed by atoms with E-state index in [1.165, 1.54) is 12.1 Å². The third kappa shape index (κ3) is 3.57. The van der Waals surface area contributed by atoms with Crippen molar-refractivity contribution in [3.05, 3.63) is 66.7 Å². The topological polar surface area (TPSA) is 138 Å². The van der Waals surface area contributed by atoms with Gasteiger partial charge in [0.05, 0.1) is 9.79 Å². The molecule has 0 spiro atoms. The lowest BCUT2D eigenvalue weighted by atomic mass is 10.0. The van der Waals surface area contributed by atoms with Gasteiger partial charge in [-0.3, -0.25) is 9.11 Å². The third-order valence-corrected chi connectivity index (χ3v) is 6.24. The van der Waals surface area contributed by atoms with Crippen LogP contribution in [0, 0.1) is 0 Å². The molecule has 0 saturated carbocycles. The van der Waals surface area contributed by atoms with Gasteiger partial charge < -0.3 is 9.84 Å². The summed E-state index contributed by atoms with van der Waals surface area (Å²) in [7, 11) is -9.05. The van der Waals surface area contributed by atoms with Crippen molar-refractivity contribution >= 4 is 41.8 Å². The van der Waals surface area contributed by atoms with Gasteiger partial charge >= 0.3 is 0 Å². The number of phenolic OH excluding ortho intramolecular Hbond substituents is 1. The van der Waals surface area contributed by atoms with E-state index in [-0.39, 0.29) is 33.0 Å². The van der Waals surface area contributed by atoms with Gasteiger partial charge in [-0.15, -0.1) is 0 Å². The normalized spacial score (nSPS) is 12.3. The number of rotatable bonds is 4. The standard InChI is InChI=1S/C20H14O8S2/c21-19-15-8-6-14(30(25,26)27)11-18(15)20(28-12-4-2-1-3-5-12)16-9-7-13(10-17(16)19)29(22,23)24/h1-11,21H,(H,22,23,24)(H,25,26,27). The molecule has 0 amide bonds. The molecule has 30 heavy (non-hydrogen) atoms. The Labute approximate surface area is 171 Å². The molecule has 4 rings (SSSR count). The van der Waals surface area contributed by atoms with Crippen molar-refractivity contribution in [2.45, 2.75) is 9.79 Å². The average Bonchev–Trinajstić information content (AvgIpc) is 2.69. The molecule has 10 heteroatoms. The van der Waals surface area contributed by atoms with Crippen LogP contribution in [0.25, 0.3) is 21.5 Å². The van der Waals surface area contributed by atoms with Gasteiger partial charge in [0.15, 0.2) is 0 Å². The molecule has 4 aromatic carbocycles. The molecule has 4 aromatic rings. The molecule has 0 aliphatic heterocycles. The number of hydrogen-bond acceptors (Lipinski definition) is 6. The van der Waals surface area contributed by atoms with Crippen LogP contribution in [0.1, 0.15) is 0 Å². The first-order valence-electron chi connectivity index (χ1n) is 8.46. The maximum Gasteiger partial charge on any atom is 0.294 e. The molecule has 0 aromatic heterocycles. The summed E-state index contributed by atoms with van der Waals surface area (Å²) in [4.78, 5) is -0.828. The van der Waals surface area contributed by atoms with Crippen molar-refractivity contribution < 1.29 is 35.8 Å². The van der Waals surface area contributed by atoms with E-state index in [1.54, 1.807) is 30.3 Å². The zero-order valence-electron chi connectivity index (χ0n) is 15.1. The van der Waals surface area contributed by atoms with Gasteiger partial charge in [0.25, 0.3) is 20.2 Å². The zero-order chi connectivity index (χ0) is 21.7. The van der Waals surface area contributed by atoms with Gasteiger partial charge in [0.2, 0.25) is 0 Å². The fourth-order valence-corrected chi connectivity index (χ4v) is 4.18. The maximum atomic E-state index is 11.6. The number of para-hydroxylation sites is 1. The van der Waals surface area contributed by atoms with E-state index < -0.39 is 30.0 Å². The number of benzene rings is 4. The fourth-order valence-electron chi connectivity index (χ4n) is 3.16. The van der Waals surface area contributed by atoms with Gasteiger partial charge in [-0.05, 0) is 48.5 Å². The summed E-state index contributed by atoms with van der Waals surface area (Å²) in [6, 6.07) is 15.6. The van der Waals surface area contributed by atoms with E-state index in [2.05, 4.69) is 0 Å². The molecule has 8 nitrogen and oxygen atoms in total. The summed E-state index contributed by atoms with van der Waals surface area (Å²) in [6.45, 7) is 0. The van der Waals surface area contributed by atoms with Crippen LogP contribution in [-0.2, 0) is 20.2 Å². The first kappa shape index (κ1) is 20.1. The molecule has 0 saturated heterocycles. The van der Waals surface area contributed by atoms with Gasteiger partial charge in [0.1, 0.15) is 17.2 Å². The Hall–Kier alpha value is -3.18. The third-order valence-electron chi connectivity index (χ3n) is 4.54. The predicted molar refractivity (Wildman–Crippen MR) is 109 cm³/mol. The highest BCUT2D eigenvalue weighted by atomic mass is 32.2. The Bertz CT molecular complexity index is 1510. The van der Waals surface area contributed by atoms with Crippen LogP contribution < -0.4 is 4.74 Å². The van der Waals surface area contributed by atoms with E-state index in [1.807, 2.05) is 0 Å². The van der Waals surface area contributed by atoms with Gasteiger partial charge in [-0.25, -0.2) is 0 Å². The smallest absolute Gasteiger partial charge is 0.294 e. The monoisotopic (exact) mass is 446 g/mol. The van der Waals surface area contributed by atoms with Crippen LogP contribution in [-0.4, -0.2) is 31.0 Å². The summed E-state index contributed by atoms with van der Waals surface area (Å²) in [5.74, 6) is 0.200. The summed E-state index contributed by atoms with van der Waals surface area (Å²) < 4.78 is 71.0. The first-order chi connectivity index (χ1) is 14.1. The molecule has 3 N–H and O–H groups in total. The lowest BCUT2D eigenvalue weighted by Crippen LogP contribution is -2.00. The summed E-state index contributed by atoms with van der Waals surface area (Å²) in [5.41, 5.74) is 0. The van der Waals surface area contributed by atoms with Gasteiger partial charge in [-0.1, -0.05) is 18.2 Å². The number of ether oxygens (including phenoxy) is 1. The van der Waals surface area contributed by atoms with Crippen molar-refractivity contribution in [3.8, 4) is 17.2 Å². The Morgan fingerprint density at radius 1 is 0.633 bits per heavy atom. The van der Waals surface area contributed by atoms with Crippen molar-refractivity contribution in [1.82, 2.24) is 0 Å².